The summed E-state index contributed by atoms with van der Waals surface area (Å²) in [4.78, 5) is 10.9. The van der Waals surface area contributed by atoms with Gasteiger partial charge in [0.15, 0.2) is 5.79 Å². The molecular weight excluding hydrogens is 204 g/mol. The average molecular weight is 217 g/mol. The Balaban J connectivity index is 2.69. The van der Waals surface area contributed by atoms with Gasteiger partial charge in [-0.15, -0.1) is 0 Å². The van der Waals surface area contributed by atoms with Gasteiger partial charge in [0.1, 0.15) is 6.10 Å². The maximum atomic E-state index is 10.9. The minimum atomic E-state index is -0.594. The monoisotopic (exact) mass is 216 g/mol. The average Bonchev–Trinajstić information content (AvgIpc) is 2.41. The molecule has 0 bridgehead atoms. The number of hydrogen-bond acceptors (Lipinski definition) is 3. The molecule has 14 heavy (non-hydrogen) atoms. The van der Waals surface area contributed by atoms with Gasteiger partial charge in [-0.1, -0.05) is 12.7 Å². The predicted molar refractivity (Wildman–Crippen MR) is 54.0 cm³/mol. The molecule has 1 aliphatic heterocycles. The molecule has 0 aliphatic carbocycles. The Morgan fingerprint density at radius 3 is 2.64 bits per heavy atom. The van der Waals surface area contributed by atoms with Crippen molar-refractivity contribution in [3.05, 3.63) is 24.3 Å². The third-order valence-electron chi connectivity index (χ3n) is 1.84. The normalized spacial score (nSPS) is 26.2. The summed E-state index contributed by atoms with van der Waals surface area (Å²) in [6.45, 7) is 7.55. The molecule has 3 nitrogen and oxygen atoms in total. The SMILES string of the molecule is C=C/C(=C/[C@H]1COC(C)(C)O1)C(=O)Cl. The zero-order chi connectivity index (χ0) is 10.8. The van der Waals surface area contributed by atoms with Crippen LogP contribution in [0.25, 0.3) is 0 Å². The van der Waals surface area contributed by atoms with Crippen LogP contribution >= 0.6 is 11.6 Å². The quantitative estimate of drug-likeness (QED) is 0.411. The van der Waals surface area contributed by atoms with Gasteiger partial charge >= 0.3 is 0 Å². The van der Waals surface area contributed by atoms with Gasteiger partial charge in [0.2, 0.25) is 0 Å². The Morgan fingerprint density at radius 2 is 2.29 bits per heavy atom. The summed E-state index contributed by atoms with van der Waals surface area (Å²) < 4.78 is 10.8. The van der Waals surface area contributed by atoms with Crippen LogP contribution in [0.1, 0.15) is 13.8 Å². The maximum Gasteiger partial charge on any atom is 0.252 e. The summed E-state index contributed by atoms with van der Waals surface area (Å²) in [7, 11) is 0. The van der Waals surface area contributed by atoms with Crippen LogP contribution < -0.4 is 0 Å². The third-order valence-corrected chi connectivity index (χ3v) is 2.06. The third kappa shape index (κ3) is 2.94. The van der Waals surface area contributed by atoms with Crippen LogP contribution in [0.15, 0.2) is 24.3 Å². The first-order chi connectivity index (χ1) is 6.44. The number of hydrogen-bond donors (Lipinski definition) is 0. The smallest absolute Gasteiger partial charge is 0.252 e. The molecule has 0 unspecified atom stereocenters. The van der Waals surface area contributed by atoms with E-state index in [0.717, 1.165) is 0 Å². The van der Waals surface area contributed by atoms with E-state index in [1.54, 1.807) is 6.08 Å². The molecule has 78 valence electrons. The van der Waals surface area contributed by atoms with Crippen molar-refractivity contribution in [3.8, 4) is 0 Å². The molecule has 1 aliphatic rings. The summed E-state index contributed by atoms with van der Waals surface area (Å²) >= 11 is 5.32. The standard InChI is InChI=1S/C10H13ClO3/c1-4-7(9(11)12)5-8-6-13-10(2,3)14-8/h4-5,8H,1,6H2,2-3H3/b7-5-/t8-/m0/s1. The largest absolute Gasteiger partial charge is 0.347 e. The van der Waals surface area contributed by atoms with Crippen molar-refractivity contribution in [3.63, 3.8) is 0 Å². The molecule has 1 rings (SSSR count). The lowest BCUT2D eigenvalue weighted by atomic mass is 10.2. The minimum Gasteiger partial charge on any atom is -0.347 e. The van der Waals surface area contributed by atoms with Crippen molar-refractivity contribution in [2.75, 3.05) is 6.61 Å². The lowest BCUT2D eigenvalue weighted by Crippen LogP contribution is -2.21. The van der Waals surface area contributed by atoms with Gasteiger partial charge in [-0.2, -0.15) is 0 Å². The molecule has 0 spiro atoms. The highest BCUT2D eigenvalue weighted by molar-refractivity contribution is 6.68. The van der Waals surface area contributed by atoms with Crippen LogP contribution in [0.5, 0.6) is 0 Å². The number of allylic oxidation sites excluding steroid dienone is 2. The Bertz CT molecular complexity index is 281. The van der Waals surface area contributed by atoms with Gasteiger partial charge in [-0.25, -0.2) is 0 Å². The Labute approximate surface area is 88.3 Å². The molecule has 0 aromatic carbocycles. The number of carbonyl (C=O) groups is 1. The molecule has 0 aromatic heterocycles. The molecular formula is C10H13ClO3. The van der Waals surface area contributed by atoms with E-state index in [1.807, 2.05) is 13.8 Å². The van der Waals surface area contributed by atoms with Crippen LogP contribution in [-0.4, -0.2) is 23.7 Å². The number of halogens is 1. The molecule has 0 amide bonds. The van der Waals surface area contributed by atoms with E-state index in [9.17, 15) is 4.79 Å². The van der Waals surface area contributed by atoms with Crippen molar-refractivity contribution in [1.82, 2.24) is 0 Å². The topological polar surface area (TPSA) is 35.5 Å². The van der Waals surface area contributed by atoms with Crippen LogP contribution in [-0.2, 0) is 14.3 Å². The fourth-order valence-electron chi connectivity index (χ4n) is 1.21. The molecule has 1 atom stereocenters. The molecule has 4 heteroatoms. The van der Waals surface area contributed by atoms with Crippen LogP contribution in [0.4, 0.5) is 0 Å². The lowest BCUT2D eigenvalue weighted by molar-refractivity contribution is -0.133. The van der Waals surface area contributed by atoms with Crippen molar-refractivity contribution in [2.24, 2.45) is 0 Å². The van der Waals surface area contributed by atoms with Crippen molar-refractivity contribution in [2.45, 2.75) is 25.7 Å². The second-order valence-electron chi connectivity index (χ2n) is 3.47. The van der Waals surface area contributed by atoms with Crippen molar-refractivity contribution >= 4 is 16.8 Å². The van der Waals surface area contributed by atoms with Gasteiger partial charge in [-0.3, -0.25) is 4.79 Å². The van der Waals surface area contributed by atoms with Gasteiger partial charge < -0.3 is 9.47 Å². The number of rotatable bonds is 3. The van der Waals surface area contributed by atoms with Gasteiger partial charge in [0.05, 0.1) is 6.61 Å². The lowest BCUT2D eigenvalue weighted by Gasteiger charge is -2.15. The number of carbonyl (C=O) groups excluding carboxylic acids is 1. The van der Waals surface area contributed by atoms with E-state index >= 15 is 0 Å². The Kier molecular flexibility index (Phi) is 3.48. The second kappa shape index (κ2) is 4.26. The first kappa shape index (κ1) is 11.4. The fraction of sp³-hybridized carbons (Fsp3) is 0.500. The van der Waals surface area contributed by atoms with E-state index in [4.69, 9.17) is 21.1 Å². The minimum absolute atomic E-state index is 0.235. The molecule has 0 aromatic rings. The van der Waals surface area contributed by atoms with E-state index in [2.05, 4.69) is 6.58 Å². The zero-order valence-electron chi connectivity index (χ0n) is 8.25. The maximum absolute atomic E-state index is 10.9. The first-order valence-electron chi connectivity index (χ1n) is 4.30. The molecule has 0 radical (unpaired) electrons. The van der Waals surface area contributed by atoms with Crippen LogP contribution in [0.2, 0.25) is 0 Å². The summed E-state index contributed by atoms with van der Waals surface area (Å²) in [6, 6.07) is 0. The highest BCUT2D eigenvalue weighted by Gasteiger charge is 2.31. The highest BCUT2D eigenvalue weighted by atomic mass is 35.5. The molecule has 1 saturated heterocycles. The fourth-order valence-corrected chi connectivity index (χ4v) is 1.35. The van der Waals surface area contributed by atoms with Crippen molar-refractivity contribution in [1.29, 1.82) is 0 Å². The van der Waals surface area contributed by atoms with Gasteiger partial charge in [0, 0.05) is 5.57 Å². The van der Waals surface area contributed by atoms with E-state index in [-0.39, 0.29) is 6.10 Å². The van der Waals surface area contributed by atoms with Crippen LogP contribution in [0.3, 0.4) is 0 Å². The van der Waals surface area contributed by atoms with E-state index in [0.29, 0.717) is 12.2 Å². The van der Waals surface area contributed by atoms with Crippen molar-refractivity contribution < 1.29 is 14.3 Å². The first-order valence-corrected chi connectivity index (χ1v) is 4.68. The second-order valence-corrected chi connectivity index (χ2v) is 3.81. The molecule has 0 N–H and O–H groups in total. The number of ether oxygens (including phenoxy) is 2. The molecule has 1 fully saturated rings. The zero-order valence-corrected chi connectivity index (χ0v) is 9.00. The summed E-state index contributed by atoms with van der Waals surface area (Å²) in [5, 5.41) is -0.534. The van der Waals surface area contributed by atoms with Gasteiger partial charge in [0.25, 0.3) is 5.24 Å². The van der Waals surface area contributed by atoms with E-state index < -0.39 is 11.0 Å². The molecule has 1 heterocycles. The summed E-state index contributed by atoms with van der Waals surface area (Å²) in [5.74, 6) is -0.594. The summed E-state index contributed by atoms with van der Waals surface area (Å²) in [6.07, 6.45) is 2.79. The Hall–Kier alpha value is -0.640. The summed E-state index contributed by atoms with van der Waals surface area (Å²) in [5.41, 5.74) is 0.345. The van der Waals surface area contributed by atoms with Gasteiger partial charge in [-0.05, 0) is 31.5 Å². The predicted octanol–water partition coefficient (Wildman–Crippen LogP) is 2.02. The Morgan fingerprint density at radius 1 is 1.64 bits per heavy atom. The van der Waals surface area contributed by atoms with E-state index in [1.165, 1.54) is 6.08 Å². The molecule has 0 saturated carbocycles. The highest BCUT2D eigenvalue weighted by Crippen LogP contribution is 2.23. The van der Waals surface area contributed by atoms with Crippen LogP contribution in [0, 0.1) is 0 Å².